The van der Waals surface area contributed by atoms with Crippen LogP contribution in [0.15, 0.2) is 0 Å². The van der Waals surface area contributed by atoms with Gasteiger partial charge in [0.1, 0.15) is 0 Å². The van der Waals surface area contributed by atoms with Gasteiger partial charge in [-0.2, -0.15) is 0 Å². The molecule has 0 aromatic rings. The zero-order chi connectivity index (χ0) is 8.01. The van der Waals surface area contributed by atoms with Gasteiger partial charge >= 0.3 is 0 Å². The first-order chi connectivity index (χ1) is 5.18. The third-order valence-corrected chi connectivity index (χ3v) is 3.28. The van der Waals surface area contributed by atoms with Crippen molar-refractivity contribution in [3.05, 3.63) is 0 Å². The van der Waals surface area contributed by atoms with Crippen LogP contribution in [0.1, 0.15) is 19.3 Å². The molecule has 0 aliphatic heterocycles. The normalized spacial score (nSPS) is 44.1. The smallest absolute Gasteiger partial charge is 0.220 e. The van der Waals surface area contributed by atoms with Gasteiger partial charge in [0.25, 0.3) is 0 Å². The summed E-state index contributed by atoms with van der Waals surface area (Å²) in [4.78, 5) is 10.8. The Labute approximate surface area is 78.3 Å². The van der Waals surface area contributed by atoms with Crippen LogP contribution < -0.4 is 11.5 Å². The molecule has 0 heterocycles. The largest absolute Gasteiger partial charge is 0.369 e. The van der Waals surface area contributed by atoms with Gasteiger partial charge in [-0.3, -0.25) is 4.79 Å². The molecule has 2 rings (SSSR count). The third-order valence-electron chi connectivity index (χ3n) is 3.28. The maximum atomic E-state index is 10.8. The third kappa shape index (κ3) is 1.31. The lowest BCUT2D eigenvalue weighted by Gasteiger charge is -2.37. The molecular weight excluding hydrogens is 176 g/mol. The second-order valence-corrected chi connectivity index (χ2v) is 3.89. The van der Waals surface area contributed by atoms with Gasteiger partial charge in [-0.1, -0.05) is 0 Å². The number of carbonyl (C=O) groups excluding carboxylic acids is 1. The van der Waals surface area contributed by atoms with E-state index in [1.165, 1.54) is 0 Å². The van der Waals surface area contributed by atoms with Gasteiger partial charge in [0, 0.05) is 12.0 Å². The van der Waals surface area contributed by atoms with E-state index < -0.39 is 0 Å². The maximum absolute atomic E-state index is 10.8. The fourth-order valence-corrected chi connectivity index (χ4v) is 2.51. The van der Waals surface area contributed by atoms with Crippen molar-refractivity contribution < 1.29 is 4.79 Å². The van der Waals surface area contributed by atoms with Gasteiger partial charge in [-0.05, 0) is 31.1 Å². The van der Waals surface area contributed by atoms with Crippen LogP contribution in [0.4, 0.5) is 0 Å². The van der Waals surface area contributed by atoms with Crippen molar-refractivity contribution >= 4 is 18.3 Å². The SMILES string of the molecule is Cl.NC(=O)C1C[C@H]2C[C@@H](N)[C@H]2C1. The second kappa shape index (κ2) is 3.23. The number of amides is 1. The van der Waals surface area contributed by atoms with Crippen LogP contribution in [-0.2, 0) is 4.79 Å². The number of rotatable bonds is 1. The Morgan fingerprint density at radius 3 is 2.33 bits per heavy atom. The molecule has 1 unspecified atom stereocenters. The van der Waals surface area contributed by atoms with Gasteiger partial charge in [-0.25, -0.2) is 0 Å². The molecule has 0 bridgehead atoms. The van der Waals surface area contributed by atoms with E-state index in [-0.39, 0.29) is 24.2 Å². The number of carbonyl (C=O) groups is 1. The van der Waals surface area contributed by atoms with E-state index in [0.717, 1.165) is 19.3 Å². The van der Waals surface area contributed by atoms with E-state index in [4.69, 9.17) is 11.5 Å². The van der Waals surface area contributed by atoms with Crippen molar-refractivity contribution in [1.29, 1.82) is 0 Å². The summed E-state index contributed by atoms with van der Waals surface area (Å²) in [6, 6.07) is 0.351. The quantitative estimate of drug-likeness (QED) is 0.623. The van der Waals surface area contributed by atoms with Crippen LogP contribution in [0.25, 0.3) is 0 Å². The predicted molar refractivity (Wildman–Crippen MR) is 48.7 cm³/mol. The highest BCUT2D eigenvalue weighted by atomic mass is 35.5. The van der Waals surface area contributed by atoms with E-state index in [9.17, 15) is 4.79 Å². The van der Waals surface area contributed by atoms with Gasteiger partial charge in [-0.15, -0.1) is 12.4 Å². The predicted octanol–water partition coefficient (Wildman–Crippen LogP) is 0.267. The summed E-state index contributed by atoms with van der Waals surface area (Å²) in [5.41, 5.74) is 11.0. The molecule has 2 fully saturated rings. The Kier molecular flexibility index (Phi) is 2.64. The van der Waals surface area contributed by atoms with Gasteiger partial charge in [0.2, 0.25) is 5.91 Å². The van der Waals surface area contributed by atoms with Crippen LogP contribution in [0, 0.1) is 17.8 Å². The molecule has 2 aliphatic rings. The lowest BCUT2D eigenvalue weighted by molar-refractivity contribution is -0.121. The topological polar surface area (TPSA) is 69.1 Å². The molecule has 2 aliphatic carbocycles. The van der Waals surface area contributed by atoms with Crippen molar-refractivity contribution in [3.63, 3.8) is 0 Å². The molecule has 0 spiro atoms. The van der Waals surface area contributed by atoms with Crippen molar-refractivity contribution in [2.45, 2.75) is 25.3 Å². The Morgan fingerprint density at radius 1 is 1.25 bits per heavy atom. The Hall–Kier alpha value is -0.280. The van der Waals surface area contributed by atoms with Crippen LogP contribution in [-0.4, -0.2) is 11.9 Å². The minimum atomic E-state index is -0.133. The maximum Gasteiger partial charge on any atom is 0.220 e. The van der Waals surface area contributed by atoms with Crippen molar-refractivity contribution in [2.75, 3.05) is 0 Å². The highest BCUT2D eigenvalue weighted by Gasteiger charge is 2.47. The Bertz CT molecular complexity index is 197. The summed E-state index contributed by atoms with van der Waals surface area (Å²) in [5.74, 6) is 1.31. The minimum absolute atomic E-state index is 0. The number of primary amides is 1. The molecule has 2 saturated carbocycles. The van der Waals surface area contributed by atoms with Gasteiger partial charge in [0.15, 0.2) is 0 Å². The van der Waals surface area contributed by atoms with Crippen LogP contribution in [0.2, 0.25) is 0 Å². The molecule has 70 valence electrons. The van der Waals surface area contributed by atoms with Crippen LogP contribution in [0.3, 0.4) is 0 Å². The summed E-state index contributed by atoms with van der Waals surface area (Å²) < 4.78 is 0. The van der Waals surface area contributed by atoms with E-state index in [2.05, 4.69) is 0 Å². The van der Waals surface area contributed by atoms with Crippen LogP contribution >= 0.6 is 12.4 Å². The monoisotopic (exact) mass is 190 g/mol. The van der Waals surface area contributed by atoms with E-state index >= 15 is 0 Å². The second-order valence-electron chi connectivity index (χ2n) is 3.89. The lowest BCUT2D eigenvalue weighted by Crippen LogP contribution is -2.44. The molecule has 1 amide bonds. The molecule has 0 saturated heterocycles. The van der Waals surface area contributed by atoms with Crippen molar-refractivity contribution in [3.8, 4) is 0 Å². The molecule has 4 N–H and O–H groups in total. The summed E-state index contributed by atoms with van der Waals surface area (Å²) >= 11 is 0. The number of halogens is 1. The highest BCUT2D eigenvalue weighted by Crippen LogP contribution is 2.48. The molecule has 12 heavy (non-hydrogen) atoms. The average molecular weight is 191 g/mol. The molecular formula is C8H15ClN2O. The van der Waals surface area contributed by atoms with Crippen LogP contribution in [0.5, 0.6) is 0 Å². The summed E-state index contributed by atoms with van der Waals surface area (Å²) in [6.07, 6.45) is 3.04. The zero-order valence-corrected chi connectivity index (χ0v) is 7.72. The Morgan fingerprint density at radius 2 is 1.92 bits per heavy atom. The minimum Gasteiger partial charge on any atom is -0.369 e. The van der Waals surface area contributed by atoms with Crippen molar-refractivity contribution in [2.24, 2.45) is 29.2 Å². The van der Waals surface area contributed by atoms with Gasteiger partial charge in [0.05, 0.1) is 0 Å². The standard InChI is InChI=1S/C8H14N2O.ClH/c9-7-3-4-1-5(8(10)11)2-6(4)7;/h4-7H,1-3,9H2,(H2,10,11);1H/t4-,5?,6-,7+;/m0./s1. The van der Waals surface area contributed by atoms with Gasteiger partial charge < -0.3 is 11.5 Å². The molecule has 0 aromatic carbocycles. The number of fused-ring (bicyclic) bond motifs is 1. The van der Waals surface area contributed by atoms with Crippen molar-refractivity contribution in [1.82, 2.24) is 0 Å². The Balaban J connectivity index is 0.000000720. The van der Waals surface area contributed by atoms with E-state index in [0.29, 0.717) is 17.9 Å². The lowest BCUT2D eigenvalue weighted by atomic mass is 9.72. The van der Waals surface area contributed by atoms with E-state index in [1.807, 2.05) is 0 Å². The fourth-order valence-electron chi connectivity index (χ4n) is 2.51. The molecule has 0 radical (unpaired) electrons. The average Bonchev–Trinajstić information content (AvgIpc) is 2.26. The molecule has 4 heteroatoms. The zero-order valence-electron chi connectivity index (χ0n) is 6.90. The summed E-state index contributed by atoms with van der Waals surface area (Å²) in [7, 11) is 0. The number of hydrogen-bond acceptors (Lipinski definition) is 2. The number of nitrogens with two attached hydrogens (primary N) is 2. The summed E-state index contributed by atoms with van der Waals surface area (Å²) in [5, 5.41) is 0. The molecule has 4 atom stereocenters. The van der Waals surface area contributed by atoms with E-state index in [1.54, 1.807) is 0 Å². The summed E-state index contributed by atoms with van der Waals surface area (Å²) in [6.45, 7) is 0. The molecule has 0 aromatic heterocycles. The first-order valence-corrected chi connectivity index (χ1v) is 4.23. The first-order valence-electron chi connectivity index (χ1n) is 4.23. The first kappa shape index (κ1) is 9.81. The highest BCUT2D eigenvalue weighted by molar-refractivity contribution is 5.85. The fraction of sp³-hybridized carbons (Fsp3) is 0.875. The molecule has 3 nitrogen and oxygen atoms in total. The number of hydrogen-bond donors (Lipinski definition) is 2.